The fourth-order valence-corrected chi connectivity index (χ4v) is 4.58. The van der Waals surface area contributed by atoms with E-state index in [1.165, 1.54) is 22.6 Å². The Labute approximate surface area is 173 Å². The van der Waals surface area contributed by atoms with Crippen molar-refractivity contribution in [3.8, 4) is 0 Å². The lowest BCUT2D eigenvalue weighted by Crippen LogP contribution is -2.27. The number of fused-ring (bicyclic) bond motifs is 1. The van der Waals surface area contributed by atoms with Crippen molar-refractivity contribution in [2.24, 2.45) is 0 Å². The first-order chi connectivity index (χ1) is 14.0. The summed E-state index contributed by atoms with van der Waals surface area (Å²) < 4.78 is 15.4. The van der Waals surface area contributed by atoms with Gasteiger partial charge in [0.2, 0.25) is 0 Å². The standard InChI is InChI=1S/C23H21FN2O2S/c1-3-16-6-5-7-19-17(12-20-22(27)26(4-2)23(28)29-20)14-25(21(16)19)13-15-8-10-18(24)11-9-15/h5-12,14H,3-4,13H2,1-2H3/b20-12-. The number of aryl methyl sites for hydroxylation is 1. The molecule has 2 amide bonds. The van der Waals surface area contributed by atoms with Gasteiger partial charge in [0.1, 0.15) is 5.82 Å². The van der Waals surface area contributed by atoms with Crippen molar-refractivity contribution < 1.29 is 14.0 Å². The van der Waals surface area contributed by atoms with Crippen LogP contribution in [0, 0.1) is 5.82 Å². The van der Waals surface area contributed by atoms with Gasteiger partial charge in [0, 0.05) is 30.2 Å². The molecule has 0 aliphatic carbocycles. The van der Waals surface area contributed by atoms with Crippen LogP contribution in [-0.4, -0.2) is 27.2 Å². The molecule has 1 aliphatic heterocycles. The van der Waals surface area contributed by atoms with Crippen LogP contribution in [0.2, 0.25) is 0 Å². The summed E-state index contributed by atoms with van der Waals surface area (Å²) in [7, 11) is 0. The van der Waals surface area contributed by atoms with Crippen LogP contribution in [-0.2, 0) is 17.8 Å². The predicted octanol–water partition coefficient (Wildman–Crippen LogP) is 5.45. The normalized spacial score (nSPS) is 15.8. The fourth-order valence-electron chi connectivity index (χ4n) is 3.69. The van der Waals surface area contributed by atoms with E-state index in [1.54, 1.807) is 19.1 Å². The third kappa shape index (κ3) is 3.60. The van der Waals surface area contributed by atoms with Crippen LogP contribution >= 0.6 is 11.8 Å². The Kier molecular flexibility index (Phi) is 5.28. The van der Waals surface area contributed by atoms with E-state index in [4.69, 9.17) is 0 Å². The summed E-state index contributed by atoms with van der Waals surface area (Å²) >= 11 is 0.982. The van der Waals surface area contributed by atoms with Gasteiger partial charge in [0.25, 0.3) is 11.1 Å². The van der Waals surface area contributed by atoms with Crippen molar-refractivity contribution in [1.29, 1.82) is 0 Å². The second kappa shape index (κ2) is 7.87. The van der Waals surface area contributed by atoms with Gasteiger partial charge in [-0.05, 0) is 54.4 Å². The fraction of sp³-hybridized carbons (Fsp3) is 0.217. The Balaban J connectivity index is 1.81. The third-order valence-electron chi connectivity index (χ3n) is 5.14. The van der Waals surface area contributed by atoms with Crippen LogP contribution in [0.3, 0.4) is 0 Å². The van der Waals surface area contributed by atoms with E-state index >= 15 is 0 Å². The van der Waals surface area contributed by atoms with Crippen molar-refractivity contribution in [3.05, 3.63) is 76.1 Å². The van der Waals surface area contributed by atoms with E-state index in [2.05, 4.69) is 17.6 Å². The highest BCUT2D eigenvalue weighted by molar-refractivity contribution is 8.18. The Morgan fingerprint density at radius 1 is 1.07 bits per heavy atom. The van der Waals surface area contributed by atoms with Gasteiger partial charge < -0.3 is 4.57 Å². The summed E-state index contributed by atoms with van der Waals surface area (Å²) in [5, 5.41) is 0.808. The molecule has 3 aromatic rings. The Bertz CT molecular complexity index is 1130. The first-order valence-electron chi connectivity index (χ1n) is 9.62. The number of imide groups is 1. The summed E-state index contributed by atoms with van der Waals surface area (Å²) in [5.41, 5.74) is 4.19. The molecule has 0 unspecified atom stereocenters. The lowest BCUT2D eigenvalue weighted by atomic mass is 10.1. The quantitative estimate of drug-likeness (QED) is 0.528. The maximum absolute atomic E-state index is 13.3. The topological polar surface area (TPSA) is 42.3 Å². The minimum atomic E-state index is -0.257. The number of nitrogens with zero attached hydrogens (tertiary/aromatic N) is 2. The SMILES string of the molecule is CCc1cccc2c(/C=C3\SC(=O)N(CC)C3=O)cn(Cc3ccc(F)cc3)c12. The molecule has 1 aromatic heterocycles. The van der Waals surface area contributed by atoms with E-state index < -0.39 is 0 Å². The molecule has 0 spiro atoms. The van der Waals surface area contributed by atoms with Gasteiger partial charge in [-0.3, -0.25) is 14.5 Å². The van der Waals surface area contributed by atoms with Crippen molar-refractivity contribution >= 4 is 39.9 Å². The minimum Gasteiger partial charge on any atom is -0.342 e. The molecule has 1 fully saturated rings. The molecule has 0 saturated carbocycles. The first kappa shape index (κ1) is 19.5. The number of carbonyl (C=O) groups is 2. The zero-order valence-electron chi connectivity index (χ0n) is 16.3. The second-order valence-electron chi connectivity index (χ2n) is 6.93. The van der Waals surface area contributed by atoms with Gasteiger partial charge >= 0.3 is 0 Å². The van der Waals surface area contributed by atoms with Gasteiger partial charge in [-0.1, -0.05) is 37.3 Å². The zero-order chi connectivity index (χ0) is 20.5. The lowest BCUT2D eigenvalue weighted by Gasteiger charge is -2.09. The van der Waals surface area contributed by atoms with Crippen LogP contribution in [0.5, 0.6) is 0 Å². The number of hydrogen-bond donors (Lipinski definition) is 0. The molecule has 148 valence electrons. The Morgan fingerprint density at radius 3 is 2.48 bits per heavy atom. The van der Waals surface area contributed by atoms with Crippen molar-refractivity contribution in [3.63, 3.8) is 0 Å². The second-order valence-corrected chi connectivity index (χ2v) is 7.92. The van der Waals surface area contributed by atoms with Crippen LogP contribution in [0.1, 0.15) is 30.5 Å². The zero-order valence-corrected chi connectivity index (χ0v) is 17.1. The number of aromatic nitrogens is 1. The molecule has 0 bridgehead atoms. The third-order valence-corrected chi connectivity index (χ3v) is 6.04. The van der Waals surface area contributed by atoms with Crippen molar-refractivity contribution in [1.82, 2.24) is 9.47 Å². The van der Waals surface area contributed by atoms with E-state index in [1.807, 2.05) is 24.4 Å². The van der Waals surface area contributed by atoms with Crippen LogP contribution in [0.4, 0.5) is 9.18 Å². The van der Waals surface area contributed by atoms with Crippen LogP contribution in [0.25, 0.3) is 17.0 Å². The van der Waals surface area contributed by atoms with Gasteiger partial charge in [-0.25, -0.2) is 4.39 Å². The summed E-state index contributed by atoms with van der Waals surface area (Å²) in [6.07, 6.45) is 4.69. The number of amides is 2. The molecule has 4 nitrogen and oxygen atoms in total. The average Bonchev–Trinajstić information content (AvgIpc) is 3.20. The largest absolute Gasteiger partial charge is 0.342 e. The average molecular weight is 408 g/mol. The maximum atomic E-state index is 13.3. The molecule has 0 N–H and O–H groups in total. The summed E-state index contributed by atoms with van der Waals surface area (Å²) in [5.74, 6) is -0.499. The molecule has 0 atom stereocenters. The van der Waals surface area contributed by atoms with Gasteiger partial charge in [-0.15, -0.1) is 0 Å². The number of carbonyl (C=O) groups excluding carboxylic acids is 2. The Hall–Kier alpha value is -2.86. The maximum Gasteiger partial charge on any atom is 0.293 e. The molecular weight excluding hydrogens is 387 g/mol. The molecule has 2 aromatic carbocycles. The molecule has 2 heterocycles. The molecule has 1 saturated heterocycles. The van der Waals surface area contributed by atoms with Crippen LogP contribution < -0.4 is 0 Å². The predicted molar refractivity (Wildman–Crippen MR) is 115 cm³/mol. The number of thioether (sulfide) groups is 1. The number of hydrogen-bond acceptors (Lipinski definition) is 3. The highest BCUT2D eigenvalue weighted by atomic mass is 32.2. The van der Waals surface area contributed by atoms with E-state index in [-0.39, 0.29) is 17.0 Å². The van der Waals surface area contributed by atoms with Gasteiger partial charge in [0.15, 0.2) is 0 Å². The molecule has 29 heavy (non-hydrogen) atoms. The first-order valence-corrected chi connectivity index (χ1v) is 10.4. The molecule has 0 radical (unpaired) electrons. The number of rotatable bonds is 5. The van der Waals surface area contributed by atoms with Crippen molar-refractivity contribution in [2.75, 3.05) is 6.54 Å². The Morgan fingerprint density at radius 2 is 1.83 bits per heavy atom. The number of benzene rings is 2. The highest BCUT2D eigenvalue weighted by Gasteiger charge is 2.33. The smallest absolute Gasteiger partial charge is 0.293 e. The lowest BCUT2D eigenvalue weighted by molar-refractivity contribution is -0.122. The molecule has 4 rings (SSSR count). The number of para-hydroxylation sites is 1. The highest BCUT2D eigenvalue weighted by Crippen LogP contribution is 2.34. The summed E-state index contributed by atoms with van der Waals surface area (Å²) in [4.78, 5) is 26.3. The van der Waals surface area contributed by atoms with E-state index in [0.717, 1.165) is 40.2 Å². The van der Waals surface area contributed by atoms with Crippen LogP contribution in [0.15, 0.2) is 53.6 Å². The minimum absolute atomic E-state index is 0.229. The van der Waals surface area contributed by atoms with E-state index in [9.17, 15) is 14.0 Å². The van der Waals surface area contributed by atoms with Gasteiger partial charge in [-0.2, -0.15) is 0 Å². The molecular formula is C23H21FN2O2S. The van der Waals surface area contributed by atoms with Gasteiger partial charge in [0.05, 0.1) is 10.4 Å². The number of halogens is 1. The van der Waals surface area contributed by atoms with E-state index in [0.29, 0.717) is 18.0 Å². The summed E-state index contributed by atoms with van der Waals surface area (Å²) in [6, 6.07) is 12.6. The van der Waals surface area contributed by atoms with Crippen molar-refractivity contribution in [2.45, 2.75) is 26.8 Å². The monoisotopic (exact) mass is 408 g/mol. The molecule has 1 aliphatic rings. The summed E-state index contributed by atoms with van der Waals surface area (Å²) in [6.45, 7) is 4.87. The number of likely N-dealkylation sites (N-methyl/N-ethyl adjacent to an activating group) is 1. The molecule has 6 heteroatoms.